The van der Waals surface area contributed by atoms with Crippen molar-refractivity contribution in [1.82, 2.24) is 24.5 Å². The van der Waals surface area contributed by atoms with Gasteiger partial charge in [0.15, 0.2) is 0 Å². The minimum absolute atomic E-state index is 0.184. The first-order valence-electron chi connectivity index (χ1n) is 8.94. The SMILES string of the molecule is O=C(C1CCCNC1)N1CCN(Cc2cn3ccccc3n2)CC1. The second-order valence-corrected chi connectivity index (χ2v) is 6.84. The molecule has 0 bridgehead atoms. The van der Waals surface area contributed by atoms with Crippen molar-refractivity contribution >= 4 is 11.6 Å². The predicted octanol–water partition coefficient (Wildman–Crippen LogP) is 0.978. The van der Waals surface area contributed by atoms with E-state index in [0.29, 0.717) is 5.91 Å². The average Bonchev–Trinajstić information content (AvgIpc) is 3.05. The van der Waals surface area contributed by atoms with Gasteiger partial charge in [-0.05, 0) is 31.5 Å². The van der Waals surface area contributed by atoms with Gasteiger partial charge in [-0.2, -0.15) is 0 Å². The molecule has 0 spiro atoms. The Balaban J connectivity index is 1.31. The Bertz CT molecular complexity index is 665. The van der Waals surface area contributed by atoms with Crippen molar-refractivity contribution < 1.29 is 4.79 Å². The Morgan fingerprint density at radius 3 is 2.88 bits per heavy atom. The summed E-state index contributed by atoms with van der Waals surface area (Å²) < 4.78 is 2.06. The van der Waals surface area contributed by atoms with E-state index in [9.17, 15) is 4.79 Å². The molecule has 0 saturated carbocycles. The van der Waals surface area contributed by atoms with Crippen molar-refractivity contribution in [2.24, 2.45) is 5.92 Å². The van der Waals surface area contributed by atoms with Gasteiger partial charge in [-0.15, -0.1) is 0 Å². The number of nitrogens with one attached hydrogen (secondary N) is 1. The van der Waals surface area contributed by atoms with Crippen molar-refractivity contribution in [3.05, 3.63) is 36.3 Å². The van der Waals surface area contributed by atoms with E-state index in [1.54, 1.807) is 0 Å². The molecule has 24 heavy (non-hydrogen) atoms. The Morgan fingerprint density at radius 1 is 1.25 bits per heavy atom. The molecule has 1 atom stereocenters. The number of carbonyl (C=O) groups is 1. The van der Waals surface area contributed by atoms with Crippen LogP contribution in [0.4, 0.5) is 0 Å². The van der Waals surface area contributed by atoms with Crippen LogP contribution < -0.4 is 5.32 Å². The first-order chi connectivity index (χ1) is 11.8. The molecular weight excluding hydrogens is 302 g/mol. The molecule has 2 saturated heterocycles. The second-order valence-electron chi connectivity index (χ2n) is 6.84. The normalized spacial score (nSPS) is 22.8. The zero-order valence-corrected chi connectivity index (χ0v) is 14.0. The van der Waals surface area contributed by atoms with Crippen LogP contribution in [-0.4, -0.2) is 64.4 Å². The van der Waals surface area contributed by atoms with Gasteiger partial charge < -0.3 is 14.6 Å². The molecule has 4 heterocycles. The summed E-state index contributed by atoms with van der Waals surface area (Å²) >= 11 is 0. The maximum absolute atomic E-state index is 12.6. The molecule has 1 amide bonds. The number of imidazole rings is 1. The fraction of sp³-hybridized carbons (Fsp3) is 0.556. The number of amides is 1. The van der Waals surface area contributed by atoms with E-state index in [4.69, 9.17) is 0 Å². The van der Waals surface area contributed by atoms with Gasteiger partial charge in [0, 0.05) is 51.7 Å². The van der Waals surface area contributed by atoms with Gasteiger partial charge in [0.2, 0.25) is 5.91 Å². The van der Waals surface area contributed by atoms with Crippen LogP contribution in [-0.2, 0) is 11.3 Å². The fourth-order valence-electron chi connectivity index (χ4n) is 3.74. The lowest BCUT2D eigenvalue weighted by molar-refractivity contribution is -0.137. The van der Waals surface area contributed by atoms with Crippen LogP contribution in [0.25, 0.3) is 5.65 Å². The Kier molecular flexibility index (Phi) is 4.49. The number of rotatable bonds is 3. The zero-order valence-electron chi connectivity index (χ0n) is 14.0. The first kappa shape index (κ1) is 15.6. The van der Waals surface area contributed by atoms with E-state index < -0.39 is 0 Å². The van der Waals surface area contributed by atoms with Gasteiger partial charge in [0.25, 0.3) is 0 Å². The number of hydrogen-bond acceptors (Lipinski definition) is 4. The highest BCUT2D eigenvalue weighted by molar-refractivity contribution is 5.79. The van der Waals surface area contributed by atoms with Crippen molar-refractivity contribution in [3.8, 4) is 0 Å². The standard InChI is InChI=1S/C18H25N5O/c24-18(15-4-3-6-19-12-15)22-10-8-21(9-11-22)13-16-14-23-7-2-1-5-17(23)20-16/h1-2,5,7,14-15,19H,3-4,6,8-13H2. The third-order valence-corrected chi connectivity index (χ3v) is 5.13. The molecule has 0 aromatic carbocycles. The van der Waals surface area contributed by atoms with E-state index >= 15 is 0 Å². The van der Waals surface area contributed by atoms with Crippen LogP contribution in [0.15, 0.2) is 30.6 Å². The molecule has 0 aliphatic carbocycles. The second kappa shape index (κ2) is 6.91. The number of piperazine rings is 1. The van der Waals surface area contributed by atoms with Crippen molar-refractivity contribution in [2.75, 3.05) is 39.3 Å². The number of pyridine rings is 1. The van der Waals surface area contributed by atoms with Crippen molar-refractivity contribution in [2.45, 2.75) is 19.4 Å². The van der Waals surface area contributed by atoms with Crippen LogP contribution in [0, 0.1) is 5.92 Å². The predicted molar refractivity (Wildman–Crippen MR) is 92.6 cm³/mol. The van der Waals surface area contributed by atoms with Crippen LogP contribution in [0.2, 0.25) is 0 Å². The number of aromatic nitrogens is 2. The quantitative estimate of drug-likeness (QED) is 0.913. The van der Waals surface area contributed by atoms with Gasteiger partial charge >= 0.3 is 0 Å². The molecular formula is C18H25N5O. The fourth-order valence-corrected chi connectivity index (χ4v) is 3.74. The minimum atomic E-state index is 0.184. The number of hydrogen-bond donors (Lipinski definition) is 1. The molecule has 2 aromatic rings. The maximum atomic E-state index is 12.6. The summed E-state index contributed by atoms with van der Waals surface area (Å²) in [7, 11) is 0. The van der Waals surface area contributed by atoms with Gasteiger partial charge in [-0.3, -0.25) is 9.69 Å². The lowest BCUT2D eigenvalue weighted by Crippen LogP contribution is -2.51. The molecule has 2 aliphatic heterocycles. The summed E-state index contributed by atoms with van der Waals surface area (Å²) in [5.74, 6) is 0.526. The topological polar surface area (TPSA) is 52.9 Å². The number of fused-ring (bicyclic) bond motifs is 1. The summed E-state index contributed by atoms with van der Waals surface area (Å²) in [6.45, 7) is 6.29. The van der Waals surface area contributed by atoms with Crippen molar-refractivity contribution in [3.63, 3.8) is 0 Å². The minimum Gasteiger partial charge on any atom is -0.340 e. The van der Waals surface area contributed by atoms with E-state index in [2.05, 4.69) is 30.7 Å². The summed E-state index contributed by atoms with van der Waals surface area (Å²) in [6.07, 6.45) is 6.28. The molecule has 128 valence electrons. The average molecular weight is 327 g/mol. The highest BCUT2D eigenvalue weighted by Gasteiger charge is 2.28. The van der Waals surface area contributed by atoms with Crippen LogP contribution >= 0.6 is 0 Å². The molecule has 2 aliphatic rings. The smallest absolute Gasteiger partial charge is 0.227 e. The largest absolute Gasteiger partial charge is 0.340 e. The highest BCUT2D eigenvalue weighted by Crippen LogP contribution is 2.16. The van der Waals surface area contributed by atoms with Gasteiger partial charge in [-0.1, -0.05) is 6.07 Å². The van der Waals surface area contributed by atoms with Gasteiger partial charge in [-0.25, -0.2) is 4.98 Å². The Morgan fingerprint density at radius 2 is 2.12 bits per heavy atom. The van der Waals surface area contributed by atoms with E-state index in [0.717, 1.165) is 70.0 Å². The number of nitrogens with zero attached hydrogens (tertiary/aromatic N) is 4. The first-order valence-corrected chi connectivity index (χ1v) is 8.94. The molecule has 6 nitrogen and oxygen atoms in total. The number of piperidine rings is 1. The van der Waals surface area contributed by atoms with Crippen LogP contribution in [0.3, 0.4) is 0 Å². The van der Waals surface area contributed by atoms with E-state index in [1.165, 1.54) is 0 Å². The molecule has 6 heteroatoms. The molecule has 1 unspecified atom stereocenters. The van der Waals surface area contributed by atoms with E-state index in [-0.39, 0.29) is 5.92 Å². The molecule has 4 rings (SSSR count). The summed E-state index contributed by atoms with van der Waals surface area (Å²) in [6, 6.07) is 6.05. The summed E-state index contributed by atoms with van der Waals surface area (Å²) in [5, 5.41) is 3.34. The Hall–Kier alpha value is -1.92. The molecule has 0 radical (unpaired) electrons. The highest BCUT2D eigenvalue weighted by atomic mass is 16.2. The molecule has 2 aromatic heterocycles. The summed E-state index contributed by atoms with van der Waals surface area (Å²) in [4.78, 5) is 21.7. The van der Waals surface area contributed by atoms with Gasteiger partial charge in [0.1, 0.15) is 5.65 Å². The lowest BCUT2D eigenvalue weighted by atomic mass is 9.98. The molecule has 2 fully saturated rings. The third-order valence-electron chi connectivity index (χ3n) is 5.13. The van der Waals surface area contributed by atoms with Gasteiger partial charge in [0.05, 0.1) is 11.6 Å². The third kappa shape index (κ3) is 3.30. The maximum Gasteiger partial charge on any atom is 0.227 e. The van der Waals surface area contributed by atoms with E-state index in [1.807, 2.05) is 24.4 Å². The van der Waals surface area contributed by atoms with Crippen LogP contribution in [0.1, 0.15) is 18.5 Å². The monoisotopic (exact) mass is 327 g/mol. The lowest BCUT2D eigenvalue weighted by Gasteiger charge is -2.37. The summed E-state index contributed by atoms with van der Waals surface area (Å²) in [5.41, 5.74) is 2.09. The van der Waals surface area contributed by atoms with Crippen molar-refractivity contribution in [1.29, 1.82) is 0 Å². The molecule has 1 N–H and O–H groups in total. The number of carbonyl (C=O) groups excluding carboxylic acids is 1. The zero-order chi connectivity index (χ0) is 16.4. The Labute approximate surface area is 142 Å². The van der Waals surface area contributed by atoms with Crippen LogP contribution in [0.5, 0.6) is 0 Å².